The number of carbonyl (C=O) groups is 1. The van der Waals surface area contributed by atoms with E-state index < -0.39 is 0 Å². The van der Waals surface area contributed by atoms with Crippen LogP contribution in [0.2, 0.25) is 0 Å². The van der Waals surface area contributed by atoms with E-state index in [1.165, 1.54) is 19.3 Å². The third-order valence-electron chi connectivity index (χ3n) is 5.20. The number of alkyl halides is 1. The Bertz CT molecular complexity index is 323. The van der Waals surface area contributed by atoms with Gasteiger partial charge in [0.15, 0.2) is 0 Å². The molecule has 4 unspecified atom stereocenters. The molecular weight excluding hydrogens is 278 g/mol. The lowest BCUT2D eigenvalue weighted by molar-refractivity contribution is -0.123. The van der Waals surface area contributed by atoms with Crippen LogP contribution in [0.5, 0.6) is 0 Å². The van der Waals surface area contributed by atoms with E-state index in [-0.39, 0.29) is 16.1 Å². The lowest BCUT2D eigenvalue weighted by Gasteiger charge is -2.43. The van der Waals surface area contributed by atoms with Crippen molar-refractivity contribution in [1.29, 1.82) is 0 Å². The number of hydrogen-bond acceptors (Lipinski definition) is 1. The Kier molecular flexibility index (Phi) is 3.35. The van der Waals surface area contributed by atoms with E-state index in [2.05, 4.69) is 42.0 Å². The molecule has 2 aliphatic carbocycles. The molecule has 0 aromatic carbocycles. The maximum absolute atomic E-state index is 12.1. The van der Waals surface area contributed by atoms with Gasteiger partial charge in [-0.15, -0.1) is 0 Å². The lowest BCUT2D eigenvalue weighted by Crippen LogP contribution is -2.53. The first-order chi connectivity index (χ1) is 7.81. The Morgan fingerprint density at radius 3 is 2.59 bits per heavy atom. The summed E-state index contributed by atoms with van der Waals surface area (Å²) in [5.74, 6) is 0.951. The van der Waals surface area contributed by atoms with Crippen molar-refractivity contribution in [1.82, 2.24) is 5.32 Å². The molecule has 0 aromatic heterocycles. The van der Waals surface area contributed by atoms with Crippen molar-refractivity contribution in [3.8, 4) is 0 Å². The molecule has 98 valence electrons. The number of rotatable bonds is 3. The molecule has 0 spiro atoms. The predicted octanol–water partition coefficient (Wildman–Crippen LogP) is 3.49. The topological polar surface area (TPSA) is 29.1 Å². The molecule has 0 saturated heterocycles. The normalized spacial score (nSPS) is 40.3. The molecule has 0 radical (unpaired) electrons. The summed E-state index contributed by atoms with van der Waals surface area (Å²) in [6, 6.07) is 0.341. The molecule has 2 fully saturated rings. The van der Waals surface area contributed by atoms with E-state index >= 15 is 0 Å². The van der Waals surface area contributed by atoms with E-state index in [0.717, 1.165) is 12.3 Å². The van der Waals surface area contributed by atoms with Gasteiger partial charge in [0.25, 0.3) is 0 Å². The minimum atomic E-state index is -0.0407. The van der Waals surface area contributed by atoms with Crippen LogP contribution in [-0.4, -0.2) is 16.8 Å². The van der Waals surface area contributed by atoms with Crippen molar-refractivity contribution in [3.05, 3.63) is 0 Å². The molecule has 2 saturated carbocycles. The molecule has 3 heteroatoms. The summed E-state index contributed by atoms with van der Waals surface area (Å²) in [6.07, 6.45) is 4.73. The van der Waals surface area contributed by atoms with Gasteiger partial charge in [-0.3, -0.25) is 4.79 Å². The first-order valence-corrected chi connectivity index (χ1v) is 7.67. The minimum absolute atomic E-state index is 0.0407. The monoisotopic (exact) mass is 301 g/mol. The number of hydrogen-bond donors (Lipinski definition) is 1. The Morgan fingerprint density at radius 2 is 2.12 bits per heavy atom. The molecule has 2 rings (SSSR count). The number of fused-ring (bicyclic) bond motifs is 2. The highest BCUT2D eigenvalue weighted by atomic mass is 79.9. The van der Waals surface area contributed by atoms with Crippen LogP contribution >= 0.6 is 15.9 Å². The summed E-state index contributed by atoms with van der Waals surface area (Å²) >= 11 is 3.45. The number of amides is 1. The van der Waals surface area contributed by atoms with Gasteiger partial charge in [-0.1, -0.05) is 43.6 Å². The molecule has 0 aliphatic heterocycles. The molecule has 0 heterocycles. The van der Waals surface area contributed by atoms with Crippen molar-refractivity contribution in [2.24, 2.45) is 16.7 Å². The smallest absolute Gasteiger partial charge is 0.234 e. The summed E-state index contributed by atoms with van der Waals surface area (Å²) < 4.78 is 0. The van der Waals surface area contributed by atoms with Gasteiger partial charge in [0.2, 0.25) is 5.91 Å². The second kappa shape index (κ2) is 4.25. The van der Waals surface area contributed by atoms with Gasteiger partial charge in [0.05, 0.1) is 4.83 Å². The molecule has 1 N–H and O–H groups in total. The number of carbonyl (C=O) groups excluding carboxylic acids is 1. The summed E-state index contributed by atoms with van der Waals surface area (Å²) in [7, 11) is 0. The van der Waals surface area contributed by atoms with Crippen LogP contribution in [0.15, 0.2) is 0 Å². The first kappa shape index (κ1) is 13.4. The highest BCUT2D eigenvalue weighted by molar-refractivity contribution is 9.10. The second-order valence-electron chi connectivity index (χ2n) is 6.73. The Morgan fingerprint density at radius 1 is 1.47 bits per heavy atom. The van der Waals surface area contributed by atoms with Crippen molar-refractivity contribution in [3.63, 3.8) is 0 Å². The largest absolute Gasteiger partial charge is 0.351 e. The maximum Gasteiger partial charge on any atom is 0.234 e. The van der Waals surface area contributed by atoms with Crippen LogP contribution in [0.4, 0.5) is 0 Å². The van der Waals surface area contributed by atoms with Crippen molar-refractivity contribution < 1.29 is 4.79 Å². The van der Waals surface area contributed by atoms with Gasteiger partial charge < -0.3 is 5.32 Å². The zero-order chi connectivity index (χ0) is 12.8. The molecule has 2 nitrogen and oxygen atoms in total. The van der Waals surface area contributed by atoms with Gasteiger partial charge in [-0.05, 0) is 42.4 Å². The fourth-order valence-corrected chi connectivity index (χ4v) is 4.21. The maximum atomic E-state index is 12.1. The molecule has 0 aromatic rings. The van der Waals surface area contributed by atoms with Crippen molar-refractivity contribution in [2.75, 3.05) is 0 Å². The van der Waals surface area contributed by atoms with E-state index in [9.17, 15) is 4.79 Å². The fraction of sp³-hybridized carbons (Fsp3) is 0.929. The summed E-state index contributed by atoms with van der Waals surface area (Å²) in [5, 5.41) is 3.31. The number of halogens is 1. The molecule has 4 atom stereocenters. The molecule has 2 aliphatic rings. The van der Waals surface area contributed by atoms with Crippen LogP contribution in [0.1, 0.15) is 53.4 Å². The third kappa shape index (κ3) is 2.05. The van der Waals surface area contributed by atoms with Crippen molar-refractivity contribution in [2.45, 2.75) is 64.2 Å². The standard InChI is InChI=1S/C14H24BrNO/c1-5-10(15)11(17)16-12-13(2,3)9-6-7-14(12,4)8-9/h9-10,12H,5-8H2,1-4H3,(H,16,17). The van der Waals surface area contributed by atoms with Crippen LogP contribution in [0, 0.1) is 16.7 Å². The predicted molar refractivity (Wildman–Crippen MR) is 74.2 cm³/mol. The molecule has 1 amide bonds. The van der Waals surface area contributed by atoms with E-state index in [1.807, 2.05) is 6.92 Å². The van der Waals surface area contributed by atoms with Crippen LogP contribution in [-0.2, 0) is 4.79 Å². The Hall–Kier alpha value is -0.0500. The van der Waals surface area contributed by atoms with Crippen LogP contribution in [0.25, 0.3) is 0 Å². The van der Waals surface area contributed by atoms with E-state index in [1.54, 1.807) is 0 Å². The average Bonchev–Trinajstić information content (AvgIpc) is 2.74. The van der Waals surface area contributed by atoms with Gasteiger partial charge >= 0.3 is 0 Å². The Balaban J connectivity index is 2.13. The van der Waals surface area contributed by atoms with Crippen molar-refractivity contribution >= 4 is 21.8 Å². The molecule has 2 bridgehead atoms. The third-order valence-corrected chi connectivity index (χ3v) is 6.26. The zero-order valence-electron chi connectivity index (χ0n) is 11.3. The summed E-state index contributed by atoms with van der Waals surface area (Å²) in [4.78, 5) is 12.0. The lowest BCUT2D eigenvalue weighted by atomic mass is 9.68. The highest BCUT2D eigenvalue weighted by Gasteiger charge is 2.59. The minimum Gasteiger partial charge on any atom is -0.351 e. The van der Waals surface area contributed by atoms with Gasteiger partial charge in [-0.2, -0.15) is 0 Å². The van der Waals surface area contributed by atoms with Gasteiger partial charge in [-0.25, -0.2) is 0 Å². The fourth-order valence-electron chi connectivity index (χ4n) is 4.08. The highest BCUT2D eigenvalue weighted by Crippen LogP contribution is 2.62. The summed E-state index contributed by atoms with van der Waals surface area (Å²) in [5.41, 5.74) is 0.577. The summed E-state index contributed by atoms with van der Waals surface area (Å²) in [6.45, 7) is 9.03. The first-order valence-electron chi connectivity index (χ1n) is 6.75. The van der Waals surface area contributed by atoms with E-state index in [0.29, 0.717) is 11.5 Å². The molecule has 17 heavy (non-hydrogen) atoms. The van der Waals surface area contributed by atoms with E-state index in [4.69, 9.17) is 0 Å². The Labute approximate surface area is 113 Å². The van der Waals surface area contributed by atoms with Crippen LogP contribution in [0.3, 0.4) is 0 Å². The van der Waals surface area contributed by atoms with Crippen LogP contribution < -0.4 is 5.32 Å². The molecular formula is C14H24BrNO. The SMILES string of the molecule is CCC(Br)C(=O)NC1C2(C)CCC(C2)C1(C)C. The van der Waals surface area contributed by atoms with Gasteiger partial charge in [0.1, 0.15) is 0 Å². The van der Waals surface area contributed by atoms with Gasteiger partial charge in [0, 0.05) is 6.04 Å². The number of nitrogens with one attached hydrogen (secondary N) is 1. The second-order valence-corrected chi connectivity index (χ2v) is 7.84. The average molecular weight is 302 g/mol. The quantitative estimate of drug-likeness (QED) is 0.794. The zero-order valence-corrected chi connectivity index (χ0v) is 12.9.